The van der Waals surface area contributed by atoms with Gasteiger partial charge in [0, 0.05) is 11.3 Å². The Hall–Kier alpha value is -3.62. The summed E-state index contributed by atoms with van der Waals surface area (Å²) in [5.74, 6) is 1.48. The number of benzene rings is 2. The molecule has 1 N–H and O–H groups in total. The van der Waals surface area contributed by atoms with Crippen LogP contribution < -0.4 is 19.5 Å². The number of hydrogen-bond donors (Lipinski definition) is 1. The first-order valence-electron chi connectivity index (χ1n) is 7.37. The fourth-order valence-corrected chi connectivity index (χ4v) is 2.46. The average Bonchev–Trinajstić information content (AvgIpc) is 3.32. The summed E-state index contributed by atoms with van der Waals surface area (Å²) >= 11 is 0. The molecule has 126 valence electrons. The second-order valence-electron chi connectivity index (χ2n) is 5.16. The molecule has 1 aliphatic rings. The first-order chi connectivity index (χ1) is 12.2. The molecule has 0 fully saturated rings. The highest BCUT2D eigenvalue weighted by molar-refractivity contribution is 6.04. The van der Waals surface area contributed by atoms with Crippen LogP contribution in [-0.2, 0) is 0 Å². The van der Waals surface area contributed by atoms with Crippen LogP contribution in [0.5, 0.6) is 17.2 Å². The summed E-state index contributed by atoms with van der Waals surface area (Å²) in [7, 11) is 1.55. The number of hydrogen-bond acceptors (Lipinski definition) is 7. The minimum absolute atomic E-state index is 0.161. The number of rotatable bonds is 4. The molecule has 0 saturated carbocycles. The second kappa shape index (κ2) is 6.11. The standard InChI is InChI=1S/C16H13N5O4/c1-23-13-5-3-11(7-12(13)21-8-17-19-20-21)18-16(22)10-2-4-14-15(6-10)25-9-24-14/h2-8H,9H2,1H3,(H,18,22). The molecule has 9 heteroatoms. The van der Waals surface area contributed by atoms with Gasteiger partial charge in [-0.15, -0.1) is 5.10 Å². The average molecular weight is 339 g/mol. The maximum absolute atomic E-state index is 12.5. The lowest BCUT2D eigenvalue weighted by molar-refractivity contribution is 0.102. The number of carbonyl (C=O) groups excluding carboxylic acids is 1. The Morgan fingerprint density at radius 1 is 1.20 bits per heavy atom. The molecule has 25 heavy (non-hydrogen) atoms. The van der Waals surface area contributed by atoms with Gasteiger partial charge in [-0.1, -0.05) is 0 Å². The van der Waals surface area contributed by atoms with Crippen LogP contribution in [0.2, 0.25) is 0 Å². The van der Waals surface area contributed by atoms with Gasteiger partial charge in [-0.3, -0.25) is 4.79 Å². The number of amides is 1. The number of tetrazole rings is 1. The van der Waals surface area contributed by atoms with Gasteiger partial charge in [0.25, 0.3) is 5.91 Å². The number of aromatic nitrogens is 4. The number of carbonyl (C=O) groups is 1. The van der Waals surface area contributed by atoms with Gasteiger partial charge in [0.15, 0.2) is 11.5 Å². The third kappa shape index (κ3) is 2.82. The Balaban J connectivity index is 1.60. The molecule has 2 heterocycles. The van der Waals surface area contributed by atoms with Crippen LogP contribution in [0.15, 0.2) is 42.7 Å². The third-order valence-corrected chi connectivity index (χ3v) is 3.67. The molecule has 0 saturated heterocycles. The molecule has 0 spiro atoms. The molecular formula is C16H13N5O4. The fraction of sp³-hybridized carbons (Fsp3) is 0.125. The van der Waals surface area contributed by atoms with Crippen LogP contribution in [-0.4, -0.2) is 40.0 Å². The van der Waals surface area contributed by atoms with E-state index in [1.54, 1.807) is 43.5 Å². The quantitative estimate of drug-likeness (QED) is 0.771. The van der Waals surface area contributed by atoms with Crippen molar-refractivity contribution in [3.8, 4) is 22.9 Å². The largest absolute Gasteiger partial charge is 0.494 e. The van der Waals surface area contributed by atoms with Crippen molar-refractivity contribution in [3.05, 3.63) is 48.3 Å². The number of anilines is 1. The van der Waals surface area contributed by atoms with Crippen molar-refractivity contribution in [2.24, 2.45) is 0 Å². The highest BCUT2D eigenvalue weighted by Crippen LogP contribution is 2.33. The Bertz CT molecular complexity index is 926. The van der Waals surface area contributed by atoms with E-state index in [9.17, 15) is 4.79 Å². The van der Waals surface area contributed by atoms with Crippen molar-refractivity contribution in [3.63, 3.8) is 0 Å². The van der Waals surface area contributed by atoms with Crippen LogP contribution in [0.3, 0.4) is 0 Å². The molecule has 0 bridgehead atoms. The first-order valence-corrected chi connectivity index (χ1v) is 7.37. The van der Waals surface area contributed by atoms with E-state index in [4.69, 9.17) is 14.2 Å². The van der Waals surface area contributed by atoms with Crippen LogP contribution in [0.25, 0.3) is 5.69 Å². The molecule has 3 aromatic rings. The van der Waals surface area contributed by atoms with Gasteiger partial charge in [0.05, 0.1) is 7.11 Å². The van der Waals surface area contributed by atoms with Gasteiger partial charge >= 0.3 is 0 Å². The Labute approximate surface area is 142 Å². The summed E-state index contributed by atoms with van der Waals surface area (Å²) in [5, 5.41) is 13.9. The highest BCUT2D eigenvalue weighted by atomic mass is 16.7. The van der Waals surface area contributed by atoms with Gasteiger partial charge in [-0.2, -0.15) is 4.68 Å². The van der Waals surface area contributed by atoms with E-state index < -0.39 is 0 Å². The zero-order valence-corrected chi connectivity index (χ0v) is 13.2. The zero-order valence-electron chi connectivity index (χ0n) is 13.2. The maximum atomic E-state index is 12.5. The van der Waals surface area contributed by atoms with E-state index in [0.717, 1.165) is 0 Å². The van der Waals surface area contributed by atoms with Crippen molar-refractivity contribution < 1.29 is 19.0 Å². The summed E-state index contributed by atoms with van der Waals surface area (Å²) in [6.45, 7) is 0.161. The molecule has 4 rings (SSSR count). The lowest BCUT2D eigenvalue weighted by atomic mass is 10.1. The number of fused-ring (bicyclic) bond motifs is 1. The number of nitrogens with zero attached hydrogens (tertiary/aromatic N) is 4. The number of ether oxygens (including phenoxy) is 3. The summed E-state index contributed by atoms with van der Waals surface area (Å²) in [4.78, 5) is 12.5. The molecule has 0 radical (unpaired) electrons. The zero-order chi connectivity index (χ0) is 17.2. The van der Waals surface area contributed by atoms with Gasteiger partial charge in [0.2, 0.25) is 6.79 Å². The van der Waals surface area contributed by atoms with E-state index in [-0.39, 0.29) is 12.7 Å². The normalized spacial score (nSPS) is 12.0. The number of nitrogens with one attached hydrogen (secondary N) is 1. The predicted octanol–water partition coefficient (Wildman–Crippen LogP) is 1.65. The van der Waals surface area contributed by atoms with Crippen molar-refractivity contribution in [2.75, 3.05) is 19.2 Å². The molecule has 9 nitrogen and oxygen atoms in total. The molecule has 0 unspecified atom stereocenters. The first kappa shape index (κ1) is 14.9. The lowest BCUT2D eigenvalue weighted by Crippen LogP contribution is -2.12. The Morgan fingerprint density at radius 2 is 2.08 bits per heavy atom. The van der Waals surface area contributed by atoms with Crippen LogP contribution in [0.1, 0.15) is 10.4 Å². The molecular weight excluding hydrogens is 326 g/mol. The van der Waals surface area contributed by atoms with Gasteiger partial charge in [0.1, 0.15) is 17.8 Å². The molecule has 1 aromatic heterocycles. The SMILES string of the molecule is COc1ccc(NC(=O)c2ccc3c(c2)OCO3)cc1-n1cnnn1. The second-order valence-corrected chi connectivity index (χ2v) is 5.16. The number of methoxy groups -OCH3 is 1. The van der Waals surface area contributed by atoms with Crippen LogP contribution in [0.4, 0.5) is 5.69 Å². The van der Waals surface area contributed by atoms with Gasteiger partial charge in [-0.25, -0.2) is 0 Å². The summed E-state index contributed by atoms with van der Waals surface area (Å²) in [6, 6.07) is 10.2. The molecule has 0 atom stereocenters. The predicted molar refractivity (Wildman–Crippen MR) is 86.2 cm³/mol. The van der Waals surface area contributed by atoms with E-state index in [1.807, 2.05) is 0 Å². The summed E-state index contributed by atoms with van der Waals surface area (Å²) in [5.41, 5.74) is 1.65. The van der Waals surface area contributed by atoms with Crippen LogP contribution in [0, 0.1) is 0 Å². The minimum atomic E-state index is -0.272. The van der Waals surface area contributed by atoms with Crippen molar-refractivity contribution in [2.45, 2.75) is 0 Å². The van der Waals surface area contributed by atoms with Crippen molar-refractivity contribution >= 4 is 11.6 Å². The molecule has 1 aliphatic heterocycles. The van der Waals surface area contributed by atoms with Gasteiger partial charge < -0.3 is 19.5 Å². The Morgan fingerprint density at radius 3 is 2.88 bits per heavy atom. The summed E-state index contributed by atoms with van der Waals surface area (Å²) < 4.78 is 17.3. The van der Waals surface area contributed by atoms with Crippen molar-refractivity contribution in [1.29, 1.82) is 0 Å². The minimum Gasteiger partial charge on any atom is -0.494 e. The van der Waals surface area contributed by atoms with Gasteiger partial charge in [-0.05, 0) is 46.8 Å². The Kier molecular flexibility index (Phi) is 3.65. The smallest absolute Gasteiger partial charge is 0.255 e. The topological polar surface area (TPSA) is 100 Å². The van der Waals surface area contributed by atoms with E-state index in [1.165, 1.54) is 11.0 Å². The molecule has 0 aliphatic carbocycles. The van der Waals surface area contributed by atoms with E-state index in [2.05, 4.69) is 20.8 Å². The van der Waals surface area contributed by atoms with Crippen LogP contribution >= 0.6 is 0 Å². The monoisotopic (exact) mass is 339 g/mol. The van der Waals surface area contributed by atoms with E-state index in [0.29, 0.717) is 34.2 Å². The summed E-state index contributed by atoms with van der Waals surface area (Å²) in [6.07, 6.45) is 1.45. The third-order valence-electron chi connectivity index (χ3n) is 3.67. The maximum Gasteiger partial charge on any atom is 0.255 e. The molecule has 1 amide bonds. The fourth-order valence-electron chi connectivity index (χ4n) is 2.46. The molecule has 2 aromatic carbocycles. The highest BCUT2D eigenvalue weighted by Gasteiger charge is 2.17. The van der Waals surface area contributed by atoms with Crippen molar-refractivity contribution in [1.82, 2.24) is 20.2 Å². The van der Waals surface area contributed by atoms with E-state index >= 15 is 0 Å². The lowest BCUT2D eigenvalue weighted by Gasteiger charge is -2.11.